The van der Waals surface area contributed by atoms with Gasteiger partial charge >= 0.3 is 6.18 Å². The van der Waals surface area contributed by atoms with Crippen LogP contribution in [0.1, 0.15) is 11.3 Å². The zero-order valence-corrected chi connectivity index (χ0v) is 14.0. The highest BCUT2D eigenvalue weighted by Gasteiger charge is 2.35. The van der Waals surface area contributed by atoms with E-state index in [0.717, 1.165) is 22.9 Å². The molecule has 2 aromatic heterocycles. The number of nitrogens with zero attached hydrogens (tertiary/aromatic N) is 4. The Morgan fingerprint density at radius 3 is 2.25 bits per heavy atom. The standard InChI is InChI=1S/C17H9F5N4O2/c1-26-16(7-13(25-26)17(20,21)22)28-15-5-9(8-23)4-14(24-15)27-10-2-3-11(18)12(19)6-10/h2-7H,1H3. The van der Waals surface area contributed by atoms with Crippen molar-refractivity contribution in [2.75, 3.05) is 0 Å². The first-order chi connectivity index (χ1) is 13.2. The maximum atomic E-state index is 13.3. The van der Waals surface area contributed by atoms with Crippen LogP contribution in [-0.4, -0.2) is 14.8 Å². The molecule has 0 amide bonds. The van der Waals surface area contributed by atoms with Crippen LogP contribution in [0.2, 0.25) is 0 Å². The number of halogens is 5. The molecule has 0 saturated carbocycles. The fourth-order valence-corrected chi connectivity index (χ4v) is 2.10. The molecule has 1 aromatic carbocycles. The zero-order valence-electron chi connectivity index (χ0n) is 14.0. The van der Waals surface area contributed by atoms with Crippen molar-refractivity contribution in [1.82, 2.24) is 14.8 Å². The average Bonchev–Trinajstić information content (AvgIpc) is 2.99. The summed E-state index contributed by atoms with van der Waals surface area (Å²) in [6.07, 6.45) is -4.66. The highest BCUT2D eigenvalue weighted by Crippen LogP contribution is 2.32. The number of pyridine rings is 1. The van der Waals surface area contributed by atoms with Crippen LogP contribution in [-0.2, 0) is 13.2 Å². The van der Waals surface area contributed by atoms with Crippen LogP contribution in [0.5, 0.6) is 23.4 Å². The highest BCUT2D eigenvalue weighted by atomic mass is 19.4. The summed E-state index contributed by atoms with van der Waals surface area (Å²) in [5.74, 6) is -3.08. The van der Waals surface area contributed by atoms with Crippen LogP contribution in [0.4, 0.5) is 22.0 Å². The number of alkyl halides is 3. The van der Waals surface area contributed by atoms with Gasteiger partial charge in [0, 0.05) is 31.3 Å². The van der Waals surface area contributed by atoms with Crippen molar-refractivity contribution in [3.05, 3.63) is 59.3 Å². The fraction of sp³-hybridized carbons (Fsp3) is 0.118. The summed E-state index contributed by atoms with van der Waals surface area (Å²) < 4.78 is 75.9. The molecule has 28 heavy (non-hydrogen) atoms. The van der Waals surface area contributed by atoms with Gasteiger partial charge in [-0.05, 0) is 12.1 Å². The third-order valence-corrected chi connectivity index (χ3v) is 3.36. The summed E-state index contributed by atoms with van der Waals surface area (Å²) >= 11 is 0. The van der Waals surface area contributed by atoms with Crippen LogP contribution in [0, 0.1) is 23.0 Å². The molecule has 0 fully saturated rings. The number of aryl methyl sites for hydroxylation is 1. The molecule has 0 atom stereocenters. The molecule has 0 aliphatic rings. The minimum absolute atomic E-state index is 0.0146. The molecule has 0 aliphatic carbocycles. The average molecular weight is 396 g/mol. The van der Waals surface area contributed by atoms with E-state index in [2.05, 4.69) is 10.1 Å². The summed E-state index contributed by atoms with van der Waals surface area (Å²) in [7, 11) is 1.23. The van der Waals surface area contributed by atoms with E-state index in [-0.39, 0.29) is 29.0 Å². The summed E-state index contributed by atoms with van der Waals surface area (Å²) in [4.78, 5) is 3.90. The molecule has 0 radical (unpaired) electrons. The Morgan fingerprint density at radius 1 is 1.00 bits per heavy atom. The van der Waals surface area contributed by atoms with Crippen molar-refractivity contribution in [3.63, 3.8) is 0 Å². The third-order valence-electron chi connectivity index (χ3n) is 3.36. The molecule has 0 bridgehead atoms. The predicted octanol–water partition coefficient (Wildman–Crippen LogP) is 4.57. The maximum absolute atomic E-state index is 13.3. The Balaban J connectivity index is 1.90. The second-order valence-corrected chi connectivity index (χ2v) is 5.41. The van der Waals surface area contributed by atoms with E-state index in [0.29, 0.717) is 6.07 Å². The highest BCUT2D eigenvalue weighted by molar-refractivity contribution is 5.40. The Kier molecular flexibility index (Phi) is 4.87. The molecule has 3 aromatic rings. The van der Waals surface area contributed by atoms with E-state index in [9.17, 15) is 22.0 Å². The van der Waals surface area contributed by atoms with E-state index in [1.54, 1.807) is 0 Å². The number of benzene rings is 1. The summed E-state index contributed by atoms with van der Waals surface area (Å²) in [5.41, 5.74) is -1.15. The fourth-order valence-electron chi connectivity index (χ4n) is 2.10. The minimum Gasteiger partial charge on any atom is -0.439 e. The topological polar surface area (TPSA) is 73.0 Å². The van der Waals surface area contributed by atoms with E-state index >= 15 is 0 Å². The van der Waals surface area contributed by atoms with Gasteiger partial charge in [-0.1, -0.05) is 0 Å². The molecular weight excluding hydrogens is 387 g/mol. The molecule has 0 aliphatic heterocycles. The first-order valence-corrected chi connectivity index (χ1v) is 7.50. The van der Waals surface area contributed by atoms with Crippen molar-refractivity contribution in [3.8, 4) is 29.5 Å². The van der Waals surface area contributed by atoms with Gasteiger partial charge in [-0.15, -0.1) is 0 Å². The van der Waals surface area contributed by atoms with Gasteiger partial charge in [0.25, 0.3) is 0 Å². The van der Waals surface area contributed by atoms with Crippen molar-refractivity contribution < 1.29 is 31.4 Å². The summed E-state index contributed by atoms with van der Waals surface area (Å²) in [6.45, 7) is 0. The third kappa shape index (κ3) is 4.17. The van der Waals surface area contributed by atoms with Crippen molar-refractivity contribution in [1.29, 1.82) is 5.26 Å². The number of aromatic nitrogens is 3. The van der Waals surface area contributed by atoms with E-state index < -0.39 is 23.5 Å². The van der Waals surface area contributed by atoms with Crippen LogP contribution in [0.15, 0.2) is 36.4 Å². The quantitative estimate of drug-likeness (QED) is 0.604. The lowest BCUT2D eigenvalue weighted by molar-refractivity contribution is -0.141. The number of nitriles is 1. The number of hydrogen-bond donors (Lipinski definition) is 0. The largest absolute Gasteiger partial charge is 0.439 e. The normalized spacial score (nSPS) is 11.2. The van der Waals surface area contributed by atoms with Crippen molar-refractivity contribution in [2.24, 2.45) is 7.05 Å². The molecule has 144 valence electrons. The van der Waals surface area contributed by atoms with Crippen LogP contribution in [0.3, 0.4) is 0 Å². The molecule has 3 rings (SSSR count). The summed E-state index contributed by atoms with van der Waals surface area (Å²) in [6, 6.07) is 7.57. The van der Waals surface area contributed by atoms with Crippen LogP contribution >= 0.6 is 0 Å². The van der Waals surface area contributed by atoms with Crippen LogP contribution < -0.4 is 9.47 Å². The molecule has 0 N–H and O–H groups in total. The molecule has 2 heterocycles. The van der Waals surface area contributed by atoms with Gasteiger partial charge in [0.05, 0.1) is 11.6 Å². The van der Waals surface area contributed by atoms with Crippen LogP contribution in [0.25, 0.3) is 0 Å². The monoisotopic (exact) mass is 396 g/mol. The molecular formula is C17H9F5N4O2. The lowest BCUT2D eigenvalue weighted by atomic mass is 10.3. The Labute approximate surface area is 154 Å². The SMILES string of the molecule is Cn1nc(C(F)(F)F)cc1Oc1cc(C#N)cc(Oc2ccc(F)c(F)c2)n1. The van der Waals surface area contributed by atoms with E-state index in [1.165, 1.54) is 19.2 Å². The Hall–Kier alpha value is -3.68. The van der Waals surface area contributed by atoms with Gasteiger partial charge in [-0.25, -0.2) is 13.5 Å². The predicted molar refractivity (Wildman–Crippen MR) is 83.7 cm³/mol. The van der Waals surface area contributed by atoms with Gasteiger partial charge in [-0.2, -0.15) is 28.5 Å². The first kappa shape index (κ1) is 19.1. The van der Waals surface area contributed by atoms with Crippen molar-refractivity contribution in [2.45, 2.75) is 6.18 Å². The molecule has 0 spiro atoms. The van der Waals surface area contributed by atoms with Gasteiger partial charge in [0.1, 0.15) is 5.75 Å². The zero-order chi connectivity index (χ0) is 20.5. The Bertz CT molecular complexity index is 1070. The molecule has 0 unspecified atom stereocenters. The second kappa shape index (κ2) is 7.15. The maximum Gasteiger partial charge on any atom is 0.435 e. The summed E-state index contributed by atoms with van der Waals surface area (Å²) in [5, 5.41) is 12.4. The lowest BCUT2D eigenvalue weighted by Crippen LogP contribution is -2.06. The number of rotatable bonds is 4. The Morgan fingerprint density at radius 2 is 1.68 bits per heavy atom. The molecule has 11 heteroatoms. The van der Waals surface area contributed by atoms with Gasteiger partial charge in [-0.3, -0.25) is 0 Å². The number of ether oxygens (including phenoxy) is 2. The van der Waals surface area contributed by atoms with E-state index in [1.807, 2.05) is 6.07 Å². The van der Waals surface area contributed by atoms with Gasteiger partial charge in [0.15, 0.2) is 17.3 Å². The van der Waals surface area contributed by atoms with Crippen molar-refractivity contribution >= 4 is 0 Å². The van der Waals surface area contributed by atoms with Gasteiger partial charge < -0.3 is 9.47 Å². The lowest BCUT2D eigenvalue weighted by Gasteiger charge is -2.09. The molecule has 6 nitrogen and oxygen atoms in total. The second-order valence-electron chi connectivity index (χ2n) is 5.41. The first-order valence-electron chi connectivity index (χ1n) is 7.50. The number of hydrogen-bond acceptors (Lipinski definition) is 5. The van der Waals surface area contributed by atoms with E-state index in [4.69, 9.17) is 14.7 Å². The van der Waals surface area contributed by atoms with Gasteiger partial charge in [0.2, 0.25) is 17.6 Å². The smallest absolute Gasteiger partial charge is 0.435 e. The molecule has 0 saturated heterocycles. The minimum atomic E-state index is -4.66.